The van der Waals surface area contributed by atoms with E-state index in [0.717, 1.165) is 47.5 Å². The van der Waals surface area contributed by atoms with Crippen LogP contribution in [0, 0.1) is 12.8 Å². The summed E-state index contributed by atoms with van der Waals surface area (Å²) in [5.74, 6) is 2.00. The Labute approximate surface area is 196 Å². The zero-order valence-electron chi connectivity index (χ0n) is 18.5. The SMILES string of the molecule is CCOC(=O)C1CCN(c2nc(NCc3ccc(OC)c(Cl)c3)c3cc(C)sc3n2)CC1. The number of piperidine rings is 1. The molecule has 0 atom stereocenters. The van der Waals surface area contributed by atoms with Crippen LogP contribution in [0.4, 0.5) is 11.8 Å². The van der Waals surface area contributed by atoms with Crippen molar-refractivity contribution in [3.63, 3.8) is 0 Å². The molecule has 32 heavy (non-hydrogen) atoms. The first-order valence-electron chi connectivity index (χ1n) is 10.7. The lowest BCUT2D eigenvalue weighted by Crippen LogP contribution is -2.38. The highest BCUT2D eigenvalue weighted by atomic mass is 35.5. The number of fused-ring (bicyclic) bond motifs is 1. The normalized spacial score (nSPS) is 14.6. The number of carbonyl (C=O) groups is 1. The lowest BCUT2D eigenvalue weighted by Gasteiger charge is -2.31. The van der Waals surface area contributed by atoms with Crippen LogP contribution in [0.2, 0.25) is 5.02 Å². The number of halogens is 1. The number of carbonyl (C=O) groups excluding carboxylic acids is 1. The maximum Gasteiger partial charge on any atom is 0.309 e. The summed E-state index contributed by atoms with van der Waals surface area (Å²) in [6.45, 7) is 6.37. The molecule has 2 aromatic heterocycles. The molecular formula is C23H27ClN4O3S. The molecule has 7 nitrogen and oxygen atoms in total. The number of methoxy groups -OCH3 is 1. The van der Waals surface area contributed by atoms with Gasteiger partial charge in [0.2, 0.25) is 5.95 Å². The number of esters is 1. The first-order valence-corrected chi connectivity index (χ1v) is 11.9. The molecule has 1 saturated heterocycles. The number of nitrogens with zero attached hydrogens (tertiary/aromatic N) is 3. The summed E-state index contributed by atoms with van der Waals surface area (Å²) < 4.78 is 10.4. The van der Waals surface area contributed by atoms with Crippen molar-refractivity contribution in [3.05, 3.63) is 39.7 Å². The van der Waals surface area contributed by atoms with Crippen LogP contribution in [0.3, 0.4) is 0 Å². The fourth-order valence-corrected chi connectivity index (χ4v) is 5.04. The second kappa shape index (κ2) is 9.92. The van der Waals surface area contributed by atoms with E-state index in [2.05, 4.69) is 23.2 Å². The van der Waals surface area contributed by atoms with Crippen molar-refractivity contribution in [1.29, 1.82) is 0 Å². The predicted octanol–water partition coefficient (Wildman–Crippen LogP) is 5.05. The smallest absolute Gasteiger partial charge is 0.309 e. The number of thiophene rings is 1. The number of nitrogens with one attached hydrogen (secondary N) is 1. The highest BCUT2D eigenvalue weighted by molar-refractivity contribution is 7.18. The Hall–Kier alpha value is -2.58. The van der Waals surface area contributed by atoms with Crippen LogP contribution in [0.1, 0.15) is 30.2 Å². The first kappa shape index (κ1) is 22.6. The maximum absolute atomic E-state index is 12.1. The fourth-order valence-electron chi connectivity index (χ4n) is 3.89. The molecule has 3 aromatic rings. The highest BCUT2D eigenvalue weighted by Crippen LogP contribution is 2.32. The van der Waals surface area contributed by atoms with Crippen LogP contribution in [0.25, 0.3) is 10.2 Å². The third-order valence-electron chi connectivity index (χ3n) is 5.58. The monoisotopic (exact) mass is 474 g/mol. The summed E-state index contributed by atoms with van der Waals surface area (Å²) in [5, 5.41) is 5.05. The molecule has 0 saturated carbocycles. The molecule has 0 radical (unpaired) electrons. The van der Waals surface area contributed by atoms with Crippen molar-refractivity contribution in [1.82, 2.24) is 9.97 Å². The number of ether oxygens (including phenoxy) is 2. The van der Waals surface area contributed by atoms with Gasteiger partial charge in [-0.25, -0.2) is 4.98 Å². The van der Waals surface area contributed by atoms with Gasteiger partial charge in [-0.3, -0.25) is 4.79 Å². The molecule has 1 fully saturated rings. The molecule has 9 heteroatoms. The summed E-state index contributed by atoms with van der Waals surface area (Å²) >= 11 is 7.93. The average Bonchev–Trinajstić information content (AvgIpc) is 3.18. The summed E-state index contributed by atoms with van der Waals surface area (Å²) in [6.07, 6.45) is 1.49. The number of anilines is 2. The van der Waals surface area contributed by atoms with Gasteiger partial charge in [-0.05, 0) is 50.5 Å². The van der Waals surface area contributed by atoms with Crippen LogP contribution < -0.4 is 15.0 Å². The van der Waals surface area contributed by atoms with E-state index in [1.807, 2.05) is 25.1 Å². The van der Waals surface area contributed by atoms with Crippen molar-refractivity contribution in [2.45, 2.75) is 33.2 Å². The number of hydrogen-bond acceptors (Lipinski definition) is 8. The van der Waals surface area contributed by atoms with Crippen LogP contribution in [0.5, 0.6) is 5.75 Å². The van der Waals surface area contributed by atoms with E-state index in [1.54, 1.807) is 18.4 Å². The van der Waals surface area contributed by atoms with Crippen LogP contribution in [0.15, 0.2) is 24.3 Å². The van der Waals surface area contributed by atoms with Gasteiger partial charge in [0, 0.05) is 24.5 Å². The summed E-state index contributed by atoms with van der Waals surface area (Å²) in [6, 6.07) is 7.85. The molecule has 0 amide bonds. The number of benzene rings is 1. The molecule has 1 aromatic carbocycles. The van der Waals surface area contributed by atoms with Crippen molar-refractivity contribution in [3.8, 4) is 5.75 Å². The minimum Gasteiger partial charge on any atom is -0.495 e. The second-order valence-corrected chi connectivity index (χ2v) is 9.43. The largest absolute Gasteiger partial charge is 0.495 e. The number of rotatable bonds is 7. The Balaban J connectivity index is 1.53. The van der Waals surface area contributed by atoms with Gasteiger partial charge < -0.3 is 19.7 Å². The van der Waals surface area contributed by atoms with Gasteiger partial charge in [-0.1, -0.05) is 17.7 Å². The van der Waals surface area contributed by atoms with Crippen LogP contribution in [-0.2, 0) is 16.1 Å². The molecule has 1 N–H and O–H groups in total. The topological polar surface area (TPSA) is 76.6 Å². The molecule has 1 aliphatic rings. The van der Waals surface area contributed by atoms with Gasteiger partial charge in [0.1, 0.15) is 16.4 Å². The molecule has 0 unspecified atom stereocenters. The number of hydrogen-bond donors (Lipinski definition) is 1. The molecule has 4 rings (SSSR count). The minimum atomic E-state index is -0.0992. The van der Waals surface area contributed by atoms with Gasteiger partial charge in [0.05, 0.1) is 30.0 Å². The Kier molecular flexibility index (Phi) is 7.01. The third kappa shape index (κ3) is 4.91. The van der Waals surface area contributed by atoms with E-state index in [1.165, 1.54) is 4.88 Å². The maximum atomic E-state index is 12.1. The Morgan fingerprint density at radius 1 is 1.28 bits per heavy atom. The third-order valence-corrected chi connectivity index (χ3v) is 6.82. The van der Waals surface area contributed by atoms with E-state index in [9.17, 15) is 4.79 Å². The van der Waals surface area contributed by atoms with Crippen molar-refractivity contribution in [2.75, 3.05) is 37.0 Å². The van der Waals surface area contributed by atoms with E-state index in [-0.39, 0.29) is 11.9 Å². The number of aryl methyl sites for hydroxylation is 1. The quantitative estimate of drug-likeness (QED) is 0.480. The Morgan fingerprint density at radius 2 is 2.06 bits per heavy atom. The molecule has 0 spiro atoms. The highest BCUT2D eigenvalue weighted by Gasteiger charge is 2.27. The van der Waals surface area contributed by atoms with E-state index in [0.29, 0.717) is 29.9 Å². The molecular weight excluding hydrogens is 448 g/mol. The summed E-state index contributed by atoms with van der Waals surface area (Å²) in [5.41, 5.74) is 1.03. The van der Waals surface area contributed by atoms with Crippen LogP contribution >= 0.6 is 22.9 Å². The van der Waals surface area contributed by atoms with E-state index < -0.39 is 0 Å². The standard InChI is InChI=1S/C23H27ClN4O3S/c1-4-31-22(29)16-7-9-28(10-8-16)23-26-20(17-11-14(2)32-21(17)27-23)25-13-15-5-6-19(30-3)18(24)12-15/h5-6,11-12,16H,4,7-10,13H2,1-3H3,(H,25,26,27). The van der Waals surface area contributed by atoms with Gasteiger partial charge in [-0.2, -0.15) is 4.98 Å². The lowest BCUT2D eigenvalue weighted by atomic mass is 9.97. The first-order chi connectivity index (χ1) is 15.5. The zero-order chi connectivity index (χ0) is 22.7. The molecule has 3 heterocycles. The second-order valence-electron chi connectivity index (χ2n) is 7.78. The minimum absolute atomic E-state index is 0.0451. The van der Waals surface area contributed by atoms with Crippen molar-refractivity contribution >= 4 is 50.9 Å². The van der Waals surface area contributed by atoms with Gasteiger partial charge in [0.15, 0.2) is 0 Å². The zero-order valence-corrected chi connectivity index (χ0v) is 20.1. The van der Waals surface area contributed by atoms with Crippen molar-refractivity contribution in [2.24, 2.45) is 5.92 Å². The molecule has 1 aliphatic heterocycles. The predicted molar refractivity (Wildman–Crippen MR) is 129 cm³/mol. The average molecular weight is 475 g/mol. The Morgan fingerprint density at radius 3 is 2.75 bits per heavy atom. The molecule has 170 valence electrons. The van der Waals surface area contributed by atoms with Gasteiger partial charge in [0.25, 0.3) is 0 Å². The lowest BCUT2D eigenvalue weighted by molar-refractivity contribution is -0.148. The molecule has 0 bridgehead atoms. The van der Waals surface area contributed by atoms with Crippen LogP contribution in [-0.4, -0.2) is 42.7 Å². The van der Waals surface area contributed by atoms with Gasteiger partial charge >= 0.3 is 5.97 Å². The van der Waals surface area contributed by atoms with E-state index >= 15 is 0 Å². The number of aromatic nitrogens is 2. The fraction of sp³-hybridized carbons (Fsp3) is 0.435. The van der Waals surface area contributed by atoms with Crippen molar-refractivity contribution < 1.29 is 14.3 Å². The summed E-state index contributed by atoms with van der Waals surface area (Å²) in [4.78, 5) is 26.0. The molecule has 0 aliphatic carbocycles. The summed E-state index contributed by atoms with van der Waals surface area (Å²) in [7, 11) is 1.60. The van der Waals surface area contributed by atoms with Gasteiger partial charge in [-0.15, -0.1) is 11.3 Å². The Bertz CT molecular complexity index is 1110. The van der Waals surface area contributed by atoms with E-state index in [4.69, 9.17) is 31.0 Å².